The third-order valence-electron chi connectivity index (χ3n) is 4.73. The Bertz CT molecular complexity index is 1030. The van der Waals surface area contributed by atoms with Gasteiger partial charge in [-0.3, -0.25) is 14.5 Å². The van der Waals surface area contributed by atoms with Crippen molar-refractivity contribution in [2.45, 2.75) is 20.0 Å². The predicted octanol–water partition coefficient (Wildman–Crippen LogP) is 3.51. The number of benzene rings is 2. The first kappa shape index (κ1) is 23.0. The van der Waals surface area contributed by atoms with Crippen LogP contribution in [0.4, 0.5) is 10.5 Å². The Labute approximate surface area is 187 Å². The van der Waals surface area contributed by atoms with E-state index in [-0.39, 0.29) is 24.8 Å². The molecule has 168 valence electrons. The number of barbiturate groups is 1. The summed E-state index contributed by atoms with van der Waals surface area (Å²) in [5, 5.41) is 0. The Morgan fingerprint density at radius 3 is 2.28 bits per heavy atom. The number of hydrogen-bond acceptors (Lipinski definition) is 6. The summed E-state index contributed by atoms with van der Waals surface area (Å²) in [4.78, 5) is 41.3. The van der Waals surface area contributed by atoms with Crippen molar-refractivity contribution in [2.24, 2.45) is 0 Å². The fraction of sp³-hybridized carbons (Fsp3) is 0.292. The van der Waals surface area contributed by atoms with Crippen LogP contribution < -0.4 is 14.4 Å². The lowest BCUT2D eigenvalue weighted by atomic mass is 10.0. The van der Waals surface area contributed by atoms with Gasteiger partial charge in [0.1, 0.15) is 5.57 Å². The van der Waals surface area contributed by atoms with Gasteiger partial charge in [0.25, 0.3) is 11.8 Å². The fourth-order valence-corrected chi connectivity index (χ4v) is 3.25. The first-order valence-corrected chi connectivity index (χ1v) is 10.2. The van der Waals surface area contributed by atoms with Crippen LogP contribution >= 0.6 is 0 Å². The van der Waals surface area contributed by atoms with Crippen molar-refractivity contribution in [3.05, 3.63) is 59.7 Å². The minimum Gasteiger partial charge on any atom is -0.493 e. The Morgan fingerprint density at radius 1 is 0.938 bits per heavy atom. The first-order chi connectivity index (χ1) is 15.4. The van der Waals surface area contributed by atoms with Crippen molar-refractivity contribution in [1.82, 2.24) is 4.90 Å². The van der Waals surface area contributed by atoms with Gasteiger partial charge in [0.15, 0.2) is 11.5 Å². The predicted molar refractivity (Wildman–Crippen MR) is 120 cm³/mol. The van der Waals surface area contributed by atoms with E-state index < -0.39 is 17.8 Å². The van der Waals surface area contributed by atoms with E-state index in [1.807, 2.05) is 13.8 Å². The minimum atomic E-state index is -0.710. The summed E-state index contributed by atoms with van der Waals surface area (Å²) in [6, 6.07) is 12.9. The smallest absolute Gasteiger partial charge is 0.338 e. The maximum Gasteiger partial charge on any atom is 0.338 e. The van der Waals surface area contributed by atoms with Crippen LogP contribution in [0.2, 0.25) is 0 Å². The molecule has 0 aromatic heterocycles. The highest BCUT2D eigenvalue weighted by Gasteiger charge is 2.42. The molecule has 3 rings (SSSR count). The molecule has 8 nitrogen and oxygen atoms in total. The zero-order valence-electron chi connectivity index (χ0n) is 18.5. The van der Waals surface area contributed by atoms with Crippen LogP contribution in [-0.2, 0) is 14.3 Å². The van der Waals surface area contributed by atoms with Crippen molar-refractivity contribution < 1.29 is 28.6 Å². The second-order valence-corrected chi connectivity index (χ2v) is 7.34. The van der Waals surface area contributed by atoms with Crippen LogP contribution in [0.5, 0.6) is 11.5 Å². The maximum atomic E-state index is 13.2. The highest BCUT2D eigenvalue weighted by Crippen LogP contribution is 2.31. The molecule has 1 saturated heterocycles. The van der Waals surface area contributed by atoms with E-state index >= 15 is 0 Å². The molecule has 32 heavy (non-hydrogen) atoms. The number of urea groups is 1. The number of anilines is 1. The molecular formula is C24H26N2O6. The molecule has 2 aromatic carbocycles. The van der Waals surface area contributed by atoms with E-state index in [1.165, 1.54) is 20.3 Å². The number of imide groups is 2. The van der Waals surface area contributed by atoms with Crippen LogP contribution in [0.3, 0.4) is 0 Å². The molecular weight excluding hydrogens is 412 g/mol. The Kier molecular flexibility index (Phi) is 7.27. The van der Waals surface area contributed by atoms with Crippen molar-refractivity contribution in [1.29, 1.82) is 0 Å². The molecule has 0 saturated carbocycles. The molecule has 0 bridgehead atoms. The normalized spacial score (nSPS) is 15.7. The molecule has 4 amide bonds. The van der Waals surface area contributed by atoms with E-state index in [0.717, 1.165) is 9.80 Å². The second-order valence-electron chi connectivity index (χ2n) is 7.34. The number of methoxy groups -OCH3 is 2. The fourth-order valence-electron chi connectivity index (χ4n) is 3.25. The van der Waals surface area contributed by atoms with Crippen LogP contribution in [0.25, 0.3) is 6.08 Å². The molecule has 1 heterocycles. The van der Waals surface area contributed by atoms with Gasteiger partial charge in [0.05, 0.1) is 32.1 Å². The number of carbonyl (C=O) groups is 3. The summed E-state index contributed by atoms with van der Waals surface area (Å²) in [6.07, 6.45) is 1.41. The third-order valence-corrected chi connectivity index (χ3v) is 4.73. The highest BCUT2D eigenvalue weighted by molar-refractivity contribution is 6.39. The van der Waals surface area contributed by atoms with Gasteiger partial charge in [-0.2, -0.15) is 0 Å². The Hall–Kier alpha value is -3.65. The van der Waals surface area contributed by atoms with E-state index in [1.54, 1.807) is 48.5 Å². The summed E-state index contributed by atoms with van der Waals surface area (Å²) in [7, 11) is 2.99. The van der Waals surface area contributed by atoms with E-state index in [9.17, 15) is 14.4 Å². The van der Waals surface area contributed by atoms with Crippen molar-refractivity contribution in [3.8, 4) is 11.5 Å². The number of amides is 4. The van der Waals surface area contributed by atoms with Gasteiger partial charge in [-0.15, -0.1) is 0 Å². The summed E-state index contributed by atoms with van der Waals surface area (Å²) >= 11 is 0. The number of para-hydroxylation sites is 1. The number of rotatable bonds is 8. The van der Waals surface area contributed by atoms with Gasteiger partial charge in [-0.05, 0) is 49.8 Å². The molecule has 0 unspecified atom stereocenters. The van der Waals surface area contributed by atoms with Gasteiger partial charge >= 0.3 is 6.03 Å². The first-order valence-electron chi connectivity index (χ1n) is 10.2. The minimum absolute atomic E-state index is 0.0204. The van der Waals surface area contributed by atoms with Gasteiger partial charge in [0, 0.05) is 7.11 Å². The van der Waals surface area contributed by atoms with Crippen LogP contribution in [0.1, 0.15) is 19.4 Å². The van der Waals surface area contributed by atoms with Gasteiger partial charge in [0.2, 0.25) is 0 Å². The highest BCUT2D eigenvalue weighted by atomic mass is 16.5. The lowest BCUT2D eigenvalue weighted by molar-refractivity contribution is -0.129. The molecule has 0 radical (unpaired) electrons. The van der Waals surface area contributed by atoms with Crippen LogP contribution in [0, 0.1) is 0 Å². The zero-order valence-corrected chi connectivity index (χ0v) is 18.5. The number of carbonyl (C=O) groups excluding carboxylic acids is 3. The summed E-state index contributed by atoms with van der Waals surface area (Å²) in [6.45, 7) is 3.97. The second kappa shape index (κ2) is 10.1. The van der Waals surface area contributed by atoms with Gasteiger partial charge < -0.3 is 14.2 Å². The lowest BCUT2D eigenvalue weighted by Crippen LogP contribution is -2.57. The summed E-state index contributed by atoms with van der Waals surface area (Å²) in [5.41, 5.74) is 0.800. The van der Waals surface area contributed by atoms with Gasteiger partial charge in [-0.1, -0.05) is 24.3 Å². The third kappa shape index (κ3) is 4.81. The zero-order chi connectivity index (χ0) is 23.3. The molecule has 0 N–H and O–H groups in total. The average molecular weight is 438 g/mol. The molecule has 8 heteroatoms. The van der Waals surface area contributed by atoms with E-state index in [0.29, 0.717) is 22.7 Å². The molecule has 1 aliphatic heterocycles. The van der Waals surface area contributed by atoms with Crippen molar-refractivity contribution in [3.63, 3.8) is 0 Å². The van der Waals surface area contributed by atoms with E-state index in [4.69, 9.17) is 14.2 Å². The molecule has 0 aliphatic carbocycles. The summed E-state index contributed by atoms with van der Waals surface area (Å²) < 4.78 is 16.2. The van der Waals surface area contributed by atoms with Crippen molar-refractivity contribution in [2.75, 3.05) is 32.3 Å². The Balaban J connectivity index is 2.04. The monoisotopic (exact) mass is 438 g/mol. The maximum absolute atomic E-state index is 13.2. The number of hydrogen-bond donors (Lipinski definition) is 0. The summed E-state index contributed by atoms with van der Waals surface area (Å²) in [5.74, 6) is -0.350. The Morgan fingerprint density at radius 2 is 1.66 bits per heavy atom. The standard InChI is InChI=1S/C24H26N2O6/c1-16(2)32-20-11-10-17(15-21(20)31-4)14-19-22(27)25(12-13-30-3)24(29)26(23(19)28)18-8-6-5-7-9-18/h5-11,14-16H,12-13H2,1-4H3/b19-14-. The SMILES string of the molecule is COCCN1C(=O)/C(=C/c2ccc(OC(C)C)c(OC)c2)C(=O)N(c2ccccc2)C1=O. The van der Waals surface area contributed by atoms with Crippen LogP contribution in [-0.4, -0.2) is 56.2 Å². The van der Waals surface area contributed by atoms with Crippen LogP contribution in [0.15, 0.2) is 54.1 Å². The van der Waals surface area contributed by atoms with Crippen molar-refractivity contribution >= 4 is 29.6 Å². The molecule has 1 fully saturated rings. The molecule has 0 spiro atoms. The van der Waals surface area contributed by atoms with Gasteiger partial charge in [-0.25, -0.2) is 9.69 Å². The molecule has 2 aromatic rings. The number of nitrogens with zero attached hydrogens (tertiary/aromatic N) is 2. The quantitative estimate of drug-likeness (QED) is 0.463. The lowest BCUT2D eigenvalue weighted by Gasteiger charge is -2.33. The van der Waals surface area contributed by atoms with E-state index in [2.05, 4.69) is 0 Å². The largest absolute Gasteiger partial charge is 0.493 e. The average Bonchev–Trinajstić information content (AvgIpc) is 2.78. The topological polar surface area (TPSA) is 85.4 Å². The molecule has 1 aliphatic rings. The number of ether oxygens (including phenoxy) is 3. The molecule has 0 atom stereocenters.